The van der Waals surface area contributed by atoms with Crippen LogP contribution in [0.25, 0.3) is 10.9 Å². The molecule has 6 heteroatoms. The molecule has 0 saturated carbocycles. The highest BCUT2D eigenvalue weighted by Crippen LogP contribution is 2.25. The Kier molecular flexibility index (Phi) is 4.38. The van der Waals surface area contributed by atoms with Gasteiger partial charge in [-0.25, -0.2) is 0 Å². The summed E-state index contributed by atoms with van der Waals surface area (Å²) < 4.78 is 0. The van der Waals surface area contributed by atoms with E-state index in [1.165, 1.54) is 0 Å². The third-order valence-corrected chi connectivity index (χ3v) is 4.09. The summed E-state index contributed by atoms with van der Waals surface area (Å²) in [6, 6.07) is 20.0. The number of aromatic nitrogens is 4. The van der Waals surface area contributed by atoms with Gasteiger partial charge in [0.15, 0.2) is 5.82 Å². The maximum absolute atomic E-state index is 4.64. The van der Waals surface area contributed by atoms with Gasteiger partial charge in [-0.2, -0.15) is 10.1 Å². The number of benzene rings is 2. The number of nitrogens with zero attached hydrogens (tertiary/aromatic N) is 5. The molecular formula is C20H18N6. The molecule has 4 aromatic rings. The monoisotopic (exact) mass is 342 g/mol. The van der Waals surface area contributed by atoms with Crippen molar-refractivity contribution in [2.75, 3.05) is 16.8 Å². The van der Waals surface area contributed by atoms with Gasteiger partial charge < -0.3 is 10.2 Å². The number of hydrogen-bond donors (Lipinski definition) is 1. The van der Waals surface area contributed by atoms with Gasteiger partial charge in [0.1, 0.15) is 0 Å². The summed E-state index contributed by atoms with van der Waals surface area (Å²) in [6.07, 6.45) is 3.44. The molecule has 0 aliphatic carbocycles. The van der Waals surface area contributed by atoms with Crippen molar-refractivity contribution < 1.29 is 0 Å². The molecule has 0 bridgehead atoms. The van der Waals surface area contributed by atoms with E-state index in [-0.39, 0.29) is 0 Å². The molecule has 0 saturated heterocycles. The Morgan fingerprint density at radius 3 is 2.65 bits per heavy atom. The summed E-state index contributed by atoms with van der Waals surface area (Å²) in [5, 5.41) is 12.5. The molecule has 6 nitrogen and oxygen atoms in total. The van der Waals surface area contributed by atoms with Crippen LogP contribution in [0.3, 0.4) is 0 Å². The molecule has 0 unspecified atom stereocenters. The molecule has 0 aliphatic rings. The Labute approximate surface area is 151 Å². The van der Waals surface area contributed by atoms with E-state index in [2.05, 4.69) is 37.3 Å². The summed E-state index contributed by atoms with van der Waals surface area (Å²) in [6.45, 7) is 2.86. The fourth-order valence-electron chi connectivity index (χ4n) is 2.89. The fraction of sp³-hybridized carbons (Fsp3) is 0.100. The van der Waals surface area contributed by atoms with Gasteiger partial charge in [-0.15, -0.1) is 5.10 Å². The zero-order valence-corrected chi connectivity index (χ0v) is 14.4. The zero-order chi connectivity index (χ0) is 17.8. The first kappa shape index (κ1) is 16.0. The van der Waals surface area contributed by atoms with Crippen molar-refractivity contribution in [1.82, 2.24) is 20.2 Å². The summed E-state index contributed by atoms with van der Waals surface area (Å²) in [7, 11) is 0. The number of fused-ring (bicyclic) bond motifs is 1. The van der Waals surface area contributed by atoms with Crippen molar-refractivity contribution in [2.45, 2.75) is 6.92 Å². The van der Waals surface area contributed by atoms with E-state index in [1.54, 1.807) is 12.4 Å². The topological polar surface area (TPSA) is 66.8 Å². The molecule has 1 N–H and O–H groups in total. The Morgan fingerprint density at radius 2 is 1.81 bits per heavy atom. The minimum atomic E-state index is 0.440. The molecule has 2 aromatic heterocycles. The van der Waals surface area contributed by atoms with Crippen molar-refractivity contribution >= 4 is 34.0 Å². The lowest BCUT2D eigenvalue weighted by Crippen LogP contribution is -2.18. The van der Waals surface area contributed by atoms with Gasteiger partial charge in [-0.05, 0) is 31.2 Å². The summed E-state index contributed by atoms with van der Waals surface area (Å²) in [5.41, 5.74) is 2.79. The van der Waals surface area contributed by atoms with E-state index in [0.29, 0.717) is 5.95 Å². The zero-order valence-electron chi connectivity index (χ0n) is 14.4. The molecule has 2 heterocycles. The Balaban J connectivity index is 1.67. The first-order valence-electron chi connectivity index (χ1n) is 8.48. The van der Waals surface area contributed by atoms with Crippen LogP contribution in [0.1, 0.15) is 6.92 Å². The van der Waals surface area contributed by atoms with Gasteiger partial charge in [0.2, 0.25) is 5.95 Å². The van der Waals surface area contributed by atoms with Crippen LogP contribution in [0, 0.1) is 0 Å². The van der Waals surface area contributed by atoms with Crippen molar-refractivity contribution in [3.05, 3.63) is 73.1 Å². The highest BCUT2D eigenvalue weighted by Gasteiger charge is 2.11. The van der Waals surface area contributed by atoms with E-state index in [0.717, 1.165) is 34.6 Å². The van der Waals surface area contributed by atoms with Gasteiger partial charge in [0, 0.05) is 23.8 Å². The fourth-order valence-corrected chi connectivity index (χ4v) is 2.89. The van der Waals surface area contributed by atoms with Gasteiger partial charge >= 0.3 is 0 Å². The van der Waals surface area contributed by atoms with Crippen LogP contribution in [-0.4, -0.2) is 26.7 Å². The van der Waals surface area contributed by atoms with Crippen LogP contribution < -0.4 is 10.2 Å². The maximum Gasteiger partial charge on any atom is 0.249 e. The van der Waals surface area contributed by atoms with Crippen molar-refractivity contribution in [2.24, 2.45) is 0 Å². The summed E-state index contributed by atoms with van der Waals surface area (Å²) in [4.78, 5) is 11.2. The smallest absolute Gasteiger partial charge is 0.249 e. The molecule has 0 radical (unpaired) electrons. The van der Waals surface area contributed by atoms with E-state index in [9.17, 15) is 0 Å². The molecule has 128 valence electrons. The molecule has 0 atom stereocenters. The lowest BCUT2D eigenvalue weighted by Gasteiger charge is -2.21. The summed E-state index contributed by atoms with van der Waals surface area (Å²) >= 11 is 0. The van der Waals surface area contributed by atoms with E-state index in [1.807, 2.05) is 60.7 Å². The third kappa shape index (κ3) is 3.17. The second-order valence-corrected chi connectivity index (χ2v) is 5.72. The molecule has 2 aromatic carbocycles. The molecule has 0 amide bonds. The lowest BCUT2D eigenvalue weighted by molar-refractivity contribution is 0.922. The summed E-state index contributed by atoms with van der Waals surface area (Å²) in [5.74, 6) is 1.18. The van der Waals surface area contributed by atoms with E-state index in [4.69, 9.17) is 0 Å². The largest absolute Gasteiger partial charge is 0.325 e. The standard InChI is InChI=1S/C20H18N6/c1-2-26(16-10-4-3-5-11-16)18-14-22-25-20(24-18)23-17-12-6-8-15-9-7-13-21-19(15)17/h3-14H,2H2,1H3,(H,23,24,25). The third-order valence-electron chi connectivity index (χ3n) is 4.09. The number of pyridine rings is 1. The highest BCUT2D eigenvalue weighted by molar-refractivity contribution is 5.91. The number of hydrogen-bond acceptors (Lipinski definition) is 6. The van der Waals surface area contributed by atoms with Gasteiger partial charge in [0.25, 0.3) is 0 Å². The minimum Gasteiger partial charge on any atom is -0.325 e. The van der Waals surface area contributed by atoms with Crippen molar-refractivity contribution in [3.63, 3.8) is 0 Å². The van der Waals surface area contributed by atoms with Gasteiger partial charge in [-0.3, -0.25) is 4.98 Å². The van der Waals surface area contributed by atoms with Crippen LogP contribution >= 0.6 is 0 Å². The van der Waals surface area contributed by atoms with Crippen molar-refractivity contribution in [1.29, 1.82) is 0 Å². The Bertz CT molecular complexity index is 1010. The maximum atomic E-state index is 4.64. The minimum absolute atomic E-state index is 0.440. The second kappa shape index (κ2) is 7.14. The van der Waals surface area contributed by atoms with Crippen LogP contribution in [0.15, 0.2) is 73.1 Å². The predicted octanol–water partition coefficient (Wildman–Crippen LogP) is 4.32. The Hall–Kier alpha value is -3.54. The SMILES string of the molecule is CCN(c1ccccc1)c1cnnc(Nc2cccc3cccnc23)n1. The molecule has 0 spiro atoms. The average molecular weight is 342 g/mol. The normalized spacial score (nSPS) is 10.7. The van der Waals surface area contributed by atoms with Crippen molar-refractivity contribution in [3.8, 4) is 0 Å². The number of para-hydroxylation sites is 2. The number of anilines is 4. The van der Waals surface area contributed by atoms with E-state index >= 15 is 0 Å². The molecule has 0 fully saturated rings. The average Bonchev–Trinajstić information content (AvgIpc) is 2.70. The highest BCUT2D eigenvalue weighted by atomic mass is 15.3. The first-order chi connectivity index (χ1) is 12.8. The first-order valence-corrected chi connectivity index (χ1v) is 8.48. The van der Waals surface area contributed by atoms with E-state index < -0.39 is 0 Å². The van der Waals surface area contributed by atoms with Crippen LogP contribution in [0.2, 0.25) is 0 Å². The number of nitrogens with one attached hydrogen (secondary N) is 1. The van der Waals surface area contributed by atoms with Crippen LogP contribution in [0.5, 0.6) is 0 Å². The Morgan fingerprint density at radius 1 is 0.962 bits per heavy atom. The quantitative estimate of drug-likeness (QED) is 0.582. The predicted molar refractivity (Wildman–Crippen MR) is 104 cm³/mol. The number of rotatable bonds is 5. The molecule has 4 rings (SSSR count). The lowest BCUT2D eigenvalue weighted by atomic mass is 10.2. The molecular weight excluding hydrogens is 324 g/mol. The van der Waals surface area contributed by atoms with Gasteiger partial charge in [-0.1, -0.05) is 36.4 Å². The van der Waals surface area contributed by atoms with Gasteiger partial charge in [0.05, 0.1) is 17.4 Å². The van der Waals surface area contributed by atoms with Crippen LogP contribution in [0.4, 0.5) is 23.1 Å². The van der Waals surface area contributed by atoms with Crippen LogP contribution in [-0.2, 0) is 0 Å². The molecule has 0 aliphatic heterocycles. The molecule has 26 heavy (non-hydrogen) atoms. The second-order valence-electron chi connectivity index (χ2n) is 5.72.